The summed E-state index contributed by atoms with van der Waals surface area (Å²) in [6.07, 6.45) is 4.61. The van der Waals surface area contributed by atoms with Gasteiger partial charge in [-0.05, 0) is 6.92 Å². The molecule has 0 bridgehead atoms. The number of rotatable bonds is 0. The van der Waals surface area contributed by atoms with Crippen LogP contribution in [0.5, 0.6) is 0 Å². The molecule has 0 radical (unpaired) electrons. The van der Waals surface area contributed by atoms with Crippen molar-refractivity contribution in [1.29, 1.82) is 0 Å². The lowest BCUT2D eigenvalue weighted by atomic mass is 10.2. The first-order valence-electron chi connectivity index (χ1n) is 3.34. The number of hydrogen-bond donors (Lipinski definition) is 1. The Morgan fingerprint density at radius 3 is 3.40 bits per heavy atom. The lowest BCUT2D eigenvalue weighted by Gasteiger charge is -2.08. The molecule has 0 aromatic rings. The molecule has 0 amide bonds. The maximum atomic E-state index is 5.42. The van der Waals surface area contributed by atoms with Gasteiger partial charge in [0.15, 0.2) is 0 Å². The smallest absolute Gasteiger partial charge is 0.145 e. The van der Waals surface area contributed by atoms with Gasteiger partial charge in [-0.25, -0.2) is 5.48 Å². The van der Waals surface area contributed by atoms with E-state index in [4.69, 9.17) is 9.57 Å². The van der Waals surface area contributed by atoms with Gasteiger partial charge < -0.3 is 9.57 Å². The van der Waals surface area contributed by atoms with E-state index < -0.39 is 0 Å². The summed E-state index contributed by atoms with van der Waals surface area (Å²) in [5.74, 6) is 0.916. The van der Waals surface area contributed by atoms with E-state index in [-0.39, 0.29) is 6.10 Å². The Hall–Kier alpha value is -1.12. The molecule has 0 saturated heterocycles. The predicted molar refractivity (Wildman–Crippen MR) is 35.6 cm³/mol. The summed E-state index contributed by atoms with van der Waals surface area (Å²) in [7, 11) is 0. The molecular weight excluding hydrogens is 130 g/mol. The van der Waals surface area contributed by atoms with Crippen molar-refractivity contribution in [3.8, 4) is 0 Å². The number of allylic oxidation sites excluding steroid dienone is 1. The quantitative estimate of drug-likeness (QED) is 0.544. The third-order valence-electron chi connectivity index (χ3n) is 1.59. The molecule has 2 heterocycles. The molecule has 3 heteroatoms. The minimum Gasteiger partial charge on any atom is -0.488 e. The van der Waals surface area contributed by atoms with E-state index in [1.54, 1.807) is 6.26 Å². The van der Waals surface area contributed by atoms with E-state index in [1.807, 2.05) is 13.0 Å². The molecule has 0 aromatic carbocycles. The molecule has 54 valence electrons. The zero-order chi connectivity index (χ0) is 6.97. The van der Waals surface area contributed by atoms with Crippen molar-refractivity contribution in [2.75, 3.05) is 0 Å². The Balaban J connectivity index is 2.21. The highest BCUT2D eigenvalue weighted by molar-refractivity contribution is 5.23. The summed E-state index contributed by atoms with van der Waals surface area (Å²) in [4.78, 5) is 4.86. The van der Waals surface area contributed by atoms with Crippen LogP contribution in [0.2, 0.25) is 0 Å². The van der Waals surface area contributed by atoms with Gasteiger partial charge in [-0.2, -0.15) is 0 Å². The molecule has 1 unspecified atom stereocenters. The average molecular weight is 139 g/mol. The molecule has 0 fully saturated rings. The second kappa shape index (κ2) is 1.94. The largest absolute Gasteiger partial charge is 0.488 e. The predicted octanol–water partition coefficient (Wildman–Crippen LogP) is 1.06. The normalized spacial score (nSPS) is 28.7. The minimum absolute atomic E-state index is 0.281. The summed E-state index contributed by atoms with van der Waals surface area (Å²) < 4.78 is 5.42. The molecular formula is C7H9NO2. The van der Waals surface area contributed by atoms with E-state index in [1.165, 1.54) is 0 Å². The molecule has 2 rings (SSSR count). The highest BCUT2D eigenvalue weighted by atomic mass is 16.6. The second-order valence-corrected chi connectivity index (χ2v) is 2.50. The molecule has 0 aromatic heterocycles. The Bertz CT molecular complexity index is 208. The van der Waals surface area contributed by atoms with Crippen LogP contribution in [0.25, 0.3) is 0 Å². The molecule has 0 spiro atoms. The summed E-state index contributed by atoms with van der Waals surface area (Å²) >= 11 is 0. The fourth-order valence-corrected chi connectivity index (χ4v) is 1.15. The van der Waals surface area contributed by atoms with Crippen molar-refractivity contribution in [3.63, 3.8) is 0 Å². The maximum Gasteiger partial charge on any atom is 0.145 e. The fraction of sp³-hybridized carbons (Fsp3) is 0.429. The molecule has 0 aliphatic carbocycles. The van der Waals surface area contributed by atoms with E-state index in [2.05, 4.69) is 5.48 Å². The topological polar surface area (TPSA) is 30.5 Å². The van der Waals surface area contributed by atoms with Gasteiger partial charge in [0.2, 0.25) is 0 Å². The standard InChI is InChI=1S/C7H9NO2/c1-5-4-6-7(10-5)2-3-9-8-6/h2-3,5,8H,4H2,1H3. The first-order chi connectivity index (χ1) is 4.86. The molecule has 0 saturated carbocycles. The highest BCUT2D eigenvalue weighted by Crippen LogP contribution is 2.25. The lowest BCUT2D eigenvalue weighted by Crippen LogP contribution is -2.13. The summed E-state index contributed by atoms with van der Waals surface area (Å²) in [6.45, 7) is 2.04. The fourth-order valence-electron chi connectivity index (χ4n) is 1.15. The zero-order valence-electron chi connectivity index (χ0n) is 5.76. The van der Waals surface area contributed by atoms with Gasteiger partial charge >= 0.3 is 0 Å². The van der Waals surface area contributed by atoms with Crippen LogP contribution < -0.4 is 5.48 Å². The molecule has 1 N–H and O–H groups in total. The molecule has 2 aliphatic rings. The summed E-state index contributed by atoms with van der Waals surface area (Å²) in [6, 6.07) is 0. The van der Waals surface area contributed by atoms with Crippen LogP contribution in [0.4, 0.5) is 0 Å². The molecule has 2 aliphatic heterocycles. The van der Waals surface area contributed by atoms with E-state index >= 15 is 0 Å². The first kappa shape index (κ1) is 5.65. The Kier molecular flexibility index (Phi) is 1.09. The number of ether oxygens (including phenoxy) is 1. The third-order valence-corrected chi connectivity index (χ3v) is 1.59. The summed E-state index contributed by atoms with van der Waals surface area (Å²) in [5.41, 5.74) is 3.83. The van der Waals surface area contributed by atoms with Crippen LogP contribution >= 0.6 is 0 Å². The van der Waals surface area contributed by atoms with Gasteiger partial charge in [0.05, 0.1) is 5.70 Å². The van der Waals surface area contributed by atoms with Crippen LogP contribution in [-0.4, -0.2) is 6.10 Å². The van der Waals surface area contributed by atoms with E-state index in [0.29, 0.717) is 0 Å². The van der Waals surface area contributed by atoms with Crippen LogP contribution in [0.15, 0.2) is 23.8 Å². The highest BCUT2D eigenvalue weighted by Gasteiger charge is 2.22. The molecule has 10 heavy (non-hydrogen) atoms. The van der Waals surface area contributed by atoms with Crippen molar-refractivity contribution in [1.82, 2.24) is 5.48 Å². The van der Waals surface area contributed by atoms with Crippen LogP contribution in [0, 0.1) is 0 Å². The van der Waals surface area contributed by atoms with Crippen molar-refractivity contribution in [2.45, 2.75) is 19.4 Å². The van der Waals surface area contributed by atoms with Gasteiger partial charge in [-0.3, -0.25) is 0 Å². The van der Waals surface area contributed by atoms with Crippen molar-refractivity contribution >= 4 is 0 Å². The van der Waals surface area contributed by atoms with Gasteiger partial charge in [0, 0.05) is 12.5 Å². The summed E-state index contributed by atoms with van der Waals surface area (Å²) in [5, 5.41) is 0. The van der Waals surface area contributed by atoms with Crippen LogP contribution in [0.3, 0.4) is 0 Å². The van der Waals surface area contributed by atoms with Gasteiger partial charge in [0.1, 0.15) is 18.1 Å². The molecule has 3 nitrogen and oxygen atoms in total. The van der Waals surface area contributed by atoms with Crippen LogP contribution in [0.1, 0.15) is 13.3 Å². The number of hydrogen-bond acceptors (Lipinski definition) is 3. The van der Waals surface area contributed by atoms with Crippen molar-refractivity contribution in [2.24, 2.45) is 0 Å². The lowest BCUT2D eigenvalue weighted by molar-refractivity contribution is 0.150. The Morgan fingerprint density at radius 2 is 2.60 bits per heavy atom. The van der Waals surface area contributed by atoms with E-state index in [9.17, 15) is 0 Å². The maximum absolute atomic E-state index is 5.42. The Morgan fingerprint density at radius 1 is 1.70 bits per heavy atom. The van der Waals surface area contributed by atoms with Gasteiger partial charge in [0.25, 0.3) is 0 Å². The van der Waals surface area contributed by atoms with Crippen molar-refractivity contribution in [3.05, 3.63) is 23.8 Å². The minimum atomic E-state index is 0.281. The van der Waals surface area contributed by atoms with Gasteiger partial charge in [-0.15, -0.1) is 0 Å². The number of nitrogens with one attached hydrogen (secondary N) is 1. The van der Waals surface area contributed by atoms with Crippen molar-refractivity contribution < 1.29 is 9.57 Å². The number of hydroxylamine groups is 1. The SMILES string of the molecule is CC1CC2=C(C=CON2)O1. The first-order valence-corrected chi connectivity index (χ1v) is 3.34. The molecule has 1 atom stereocenters. The van der Waals surface area contributed by atoms with Crippen LogP contribution in [-0.2, 0) is 9.57 Å². The Labute approximate surface area is 59.3 Å². The average Bonchev–Trinajstić information content (AvgIpc) is 2.27. The van der Waals surface area contributed by atoms with Gasteiger partial charge in [-0.1, -0.05) is 0 Å². The second-order valence-electron chi connectivity index (χ2n) is 2.50. The third kappa shape index (κ3) is 0.744. The van der Waals surface area contributed by atoms with E-state index in [0.717, 1.165) is 17.9 Å². The zero-order valence-corrected chi connectivity index (χ0v) is 5.76. The monoisotopic (exact) mass is 139 g/mol.